The molecule has 0 N–H and O–H groups in total. The van der Waals surface area contributed by atoms with Crippen molar-refractivity contribution in [2.45, 2.75) is 4.90 Å². The molecule has 0 unspecified atom stereocenters. The molecule has 0 radical (unpaired) electrons. The molecular formula is C16H13NOS. The number of nitriles is 1. The summed E-state index contributed by atoms with van der Waals surface area (Å²) < 4.78 is 5.11. The predicted molar refractivity (Wildman–Crippen MR) is 78.9 cm³/mol. The second kappa shape index (κ2) is 6.67. The molecule has 0 bridgehead atoms. The predicted octanol–water partition coefficient (Wildman–Crippen LogP) is 4.35. The van der Waals surface area contributed by atoms with Crippen molar-refractivity contribution in [3.8, 4) is 11.8 Å². The third kappa shape index (κ3) is 3.64. The van der Waals surface area contributed by atoms with Gasteiger partial charge in [0.15, 0.2) is 0 Å². The second-order valence-corrected chi connectivity index (χ2v) is 4.75. The maximum atomic E-state index is 9.19. The van der Waals surface area contributed by atoms with Crippen LogP contribution >= 0.6 is 11.8 Å². The molecule has 3 heteroatoms. The maximum Gasteiger partial charge on any atom is 0.118 e. The summed E-state index contributed by atoms with van der Waals surface area (Å²) in [5, 5.41) is 11.1. The molecule has 0 atom stereocenters. The topological polar surface area (TPSA) is 33.0 Å². The molecule has 0 aromatic heterocycles. The van der Waals surface area contributed by atoms with Crippen molar-refractivity contribution in [1.29, 1.82) is 5.26 Å². The van der Waals surface area contributed by atoms with E-state index in [4.69, 9.17) is 4.74 Å². The lowest BCUT2D eigenvalue weighted by atomic mass is 10.1. The van der Waals surface area contributed by atoms with Gasteiger partial charge in [0.2, 0.25) is 0 Å². The quantitative estimate of drug-likeness (QED) is 0.610. The van der Waals surface area contributed by atoms with Gasteiger partial charge in [0.1, 0.15) is 11.8 Å². The van der Waals surface area contributed by atoms with Gasteiger partial charge in [0.05, 0.1) is 12.7 Å². The summed E-state index contributed by atoms with van der Waals surface area (Å²) in [5.74, 6) is 0.830. The molecule has 0 heterocycles. The summed E-state index contributed by atoms with van der Waals surface area (Å²) in [7, 11) is 1.64. The Bertz CT molecular complexity index is 597. The molecule has 0 amide bonds. The second-order valence-electron chi connectivity index (χ2n) is 3.80. The van der Waals surface area contributed by atoms with E-state index in [1.165, 1.54) is 11.8 Å². The van der Waals surface area contributed by atoms with E-state index in [2.05, 4.69) is 6.07 Å². The average molecular weight is 267 g/mol. The van der Waals surface area contributed by atoms with Gasteiger partial charge in [-0.05, 0) is 35.2 Å². The highest BCUT2D eigenvalue weighted by Crippen LogP contribution is 2.26. The Hall–Kier alpha value is -2.18. The van der Waals surface area contributed by atoms with Crippen molar-refractivity contribution in [2.24, 2.45) is 0 Å². The Morgan fingerprint density at radius 1 is 1.11 bits per heavy atom. The van der Waals surface area contributed by atoms with Crippen molar-refractivity contribution in [1.82, 2.24) is 0 Å². The van der Waals surface area contributed by atoms with Gasteiger partial charge in [0, 0.05) is 4.90 Å². The van der Waals surface area contributed by atoms with Gasteiger partial charge in [-0.25, -0.2) is 0 Å². The van der Waals surface area contributed by atoms with Crippen molar-refractivity contribution in [3.05, 3.63) is 65.6 Å². The Morgan fingerprint density at radius 3 is 2.37 bits per heavy atom. The summed E-state index contributed by atoms with van der Waals surface area (Å²) in [6.07, 6.45) is 0. The molecule has 0 saturated heterocycles. The van der Waals surface area contributed by atoms with Gasteiger partial charge in [-0.15, -0.1) is 0 Å². The molecule has 0 fully saturated rings. The van der Waals surface area contributed by atoms with Gasteiger partial charge in [-0.1, -0.05) is 42.1 Å². The van der Waals surface area contributed by atoms with E-state index in [-0.39, 0.29) is 0 Å². The number of thioether (sulfide) groups is 1. The van der Waals surface area contributed by atoms with Gasteiger partial charge in [-0.2, -0.15) is 5.26 Å². The lowest BCUT2D eigenvalue weighted by molar-refractivity contribution is 0.414. The number of allylic oxidation sites excluding steroid dienone is 1. The zero-order valence-electron chi connectivity index (χ0n) is 10.5. The van der Waals surface area contributed by atoms with E-state index in [9.17, 15) is 5.26 Å². The van der Waals surface area contributed by atoms with Crippen LogP contribution in [0.15, 0.2) is 64.9 Å². The molecule has 2 aromatic carbocycles. The zero-order chi connectivity index (χ0) is 13.5. The van der Waals surface area contributed by atoms with Crippen LogP contribution < -0.4 is 4.74 Å². The minimum atomic E-state index is 0.668. The van der Waals surface area contributed by atoms with Gasteiger partial charge >= 0.3 is 0 Å². The SMILES string of the molecule is COc1ccc(S/C=C(/C#N)c2ccccc2)cc1. The molecule has 2 aromatic rings. The summed E-state index contributed by atoms with van der Waals surface area (Å²) in [6.45, 7) is 0. The van der Waals surface area contributed by atoms with Crippen LogP contribution in [-0.4, -0.2) is 7.11 Å². The van der Waals surface area contributed by atoms with E-state index in [1.807, 2.05) is 60.0 Å². The Morgan fingerprint density at radius 2 is 1.79 bits per heavy atom. The molecule has 19 heavy (non-hydrogen) atoms. The van der Waals surface area contributed by atoms with Crippen molar-refractivity contribution in [3.63, 3.8) is 0 Å². The number of methoxy groups -OCH3 is 1. The fourth-order valence-electron chi connectivity index (χ4n) is 1.56. The third-order valence-electron chi connectivity index (χ3n) is 2.58. The summed E-state index contributed by atoms with van der Waals surface area (Å²) in [6, 6.07) is 19.7. The van der Waals surface area contributed by atoms with Crippen LogP contribution in [0, 0.1) is 11.3 Å². The molecule has 2 rings (SSSR count). The molecule has 0 aliphatic carbocycles. The van der Waals surface area contributed by atoms with Crippen molar-refractivity contribution in [2.75, 3.05) is 7.11 Å². The van der Waals surface area contributed by atoms with Crippen molar-refractivity contribution < 1.29 is 4.74 Å². The van der Waals surface area contributed by atoms with Gasteiger partial charge in [-0.3, -0.25) is 0 Å². The van der Waals surface area contributed by atoms with E-state index in [0.29, 0.717) is 5.57 Å². The first kappa shape index (κ1) is 13.3. The average Bonchev–Trinajstić information content (AvgIpc) is 2.49. The molecule has 94 valence electrons. The van der Waals surface area contributed by atoms with Crippen LogP contribution in [0.4, 0.5) is 0 Å². The molecule has 2 nitrogen and oxygen atoms in total. The largest absolute Gasteiger partial charge is 0.497 e. The van der Waals surface area contributed by atoms with E-state index < -0.39 is 0 Å². The smallest absolute Gasteiger partial charge is 0.118 e. The number of benzene rings is 2. The van der Waals surface area contributed by atoms with Crippen LogP contribution in [0.2, 0.25) is 0 Å². The minimum absolute atomic E-state index is 0.668. The van der Waals surface area contributed by atoms with Crippen LogP contribution in [0.3, 0.4) is 0 Å². The first-order chi connectivity index (χ1) is 9.33. The number of rotatable bonds is 4. The van der Waals surface area contributed by atoms with Crippen LogP contribution in [-0.2, 0) is 0 Å². The summed E-state index contributed by atoms with van der Waals surface area (Å²) in [4.78, 5) is 1.07. The third-order valence-corrected chi connectivity index (χ3v) is 3.48. The first-order valence-electron chi connectivity index (χ1n) is 5.80. The number of ether oxygens (including phenoxy) is 1. The normalized spacial score (nSPS) is 10.8. The molecule has 0 aliphatic heterocycles. The van der Waals surface area contributed by atoms with Gasteiger partial charge < -0.3 is 4.74 Å². The molecule has 0 aliphatic rings. The van der Waals surface area contributed by atoms with Gasteiger partial charge in [0.25, 0.3) is 0 Å². The van der Waals surface area contributed by atoms with E-state index >= 15 is 0 Å². The zero-order valence-corrected chi connectivity index (χ0v) is 11.4. The molecular weight excluding hydrogens is 254 g/mol. The van der Waals surface area contributed by atoms with Crippen molar-refractivity contribution >= 4 is 17.3 Å². The monoisotopic (exact) mass is 267 g/mol. The first-order valence-corrected chi connectivity index (χ1v) is 6.68. The minimum Gasteiger partial charge on any atom is -0.497 e. The Kier molecular flexibility index (Phi) is 4.66. The highest BCUT2D eigenvalue weighted by Gasteiger charge is 2.00. The highest BCUT2D eigenvalue weighted by atomic mass is 32.2. The lowest BCUT2D eigenvalue weighted by Gasteiger charge is -2.01. The lowest BCUT2D eigenvalue weighted by Crippen LogP contribution is -1.81. The number of nitrogens with zero attached hydrogens (tertiary/aromatic N) is 1. The molecule has 0 spiro atoms. The standard InChI is InChI=1S/C16H13NOS/c1-18-15-7-9-16(10-8-15)19-12-14(11-17)13-5-3-2-4-6-13/h2-10,12H,1H3/b14-12-. The Labute approximate surface area is 117 Å². The summed E-state index contributed by atoms with van der Waals surface area (Å²) >= 11 is 1.53. The summed E-state index contributed by atoms with van der Waals surface area (Å²) in [5.41, 5.74) is 1.60. The molecule has 0 saturated carbocycles. The highest BCUT2D eigenvalue weighted by molar-refractivity contribution is 8.02. The maximum absolute atomic E-state index is 9.19. The van der Waals surface area contributed by atoms with Crippen LogP contribution in [0.25, 0.3) is 5.57 Å². The van der Waals surface area contributed by atoms with E-state index in [0.717, 1.165) is 16.2 Å². The number of hydrogen-bond acceptors (Lipinski definition) is 3. The van der Waals surface area contributed by atoms with E-state index in [1.54, 1.807) is 7.11 Å². The fourth-order valence-corrected chi connectivity index (χ4v) is 2.29. The Balaban J connectivity index is 2.14. The van der Waals surface area contributed by atoms with Crippen LogP contribution in [0.5, 0.6) is 5.75 Å². The fraction of sp³-hybridized carbons (Fsp3) is 0.0625. The van der Waals surface area contributed by atoms with Crippen LogP contribution in [0.1, 0.15) is 5.56 Å². The number of hydrogen-bond donors (Lipinski definition) is 0.